The zero-order valence-electron chi connectivity index (χ0n) is 22.6. The van der Waals surface area contributed by atoms with E-state index >= 15 is 0 Å². The maximum absolute atomic E-state index is 12.2. The molecule has 3 unspecified atom stereocenters. The number of carbonyl (C=O) groups is 1. The SMILES string of the molecule is CC1(C)C2CC[C@]3(C)[C@H](C(O)C=C4C5C[C@@](C)(C(=O)O)CC[C@]5(C)CC[C@]43C)[C@@]2(C)CC[C@@H]1O. The van der Waals surface area contributed by atoms with Gasteiger partial charge in [-0.1, -0.05) is 53.2 Å². The van der Waals surface area contributed by atoms with Crippen LogP contribution in [0, 0.1) is 50.2 Å². The Morgan fingerprint density at radius 2 is 1.53 bits per heavy atom. The lowest BCUT2D eigenvalue weighted by Crippen LogP contribution is -2.67. The summed E-state index contributed by atoms with van der Waals surface area (Å²) in [6.45, 7) is 16.1. The fraction of sp³-hybridized carbons (Fsp3) is 0.900. The van der Waals surface area contributed by atoms with E-state index in [0.717, 1.165) is 51.4 Å². The van der Waals surface area contributed by atoms with Gasteiger partial charge < -0.3 is 15.3 Å². The van der Waals surface area contributed by atoms with Gasteiger partial charge in [-0.2, -0.15) is 0 Å². The zero-order chi connectivity index (χ0) is 25.1. The quantitative estimate of drug-likeness (QED) is 0.397. The highest BCUT2D eigenvalue weighted by Gasteiger charge is 2.70. The van der Waals surface area contributed by atoms with Gasteiger partial charge in [0.15, 0.2) is 0 Å². The number of carboxylic acid groups (broad SMARTS) is 1. The van der Waals surface area contributed by atoms with Crippen molar-refractivity contribution in [3.05, 3.63) is 11.6 Å². The average Bonchev–Trinajstić information content (AvgIpc) is 2.73. The summed E-state index contributed by atoms with van der Waals surface area (Å²) < 4.78 is 0. The number of carboxylic acids is 1. The van der Waals surface area contributed by atoms with Crippen molar-refractivity contribution in [2.24, 2.45) is 50.2 Å². The Hall–Kier alpha value is -0.870. The second-order valence-corrected chi connectivity index (χ2v) is 15.1. The Bertz CT molecular complexity index is 923. The first-order valence-electron chi connectivity index (χ1n) is 13.9. The molecule has 0 bridgehead atoms. The summed E-state index contributed by atoms with van der Waals surface area (Å²) in [7, 11) is 0. The minimum absolute atomic E-state index is 0.0108. The van der Waals surface area contributed by atoms with Crippen LogP contribution < -0.4 is 0 Å². The van der Waals surface area contributed by atoms with Crippen molar-refractivity contribution in [2.45, 2.75) is 118 Å². The van der Waals surface area contributed by atoms with Crippen LogP contribution in [0.2, 0.25) is 0 Å². The second kappa shape index (κ2) is 7.12. The first-order valence-corrected chi connectivity index (χ1v) is 13.9. The van der Waals surface area contributed by atoms with Crippen LogP contribution in [0.4, 0.5) is 0 Å². The van der Waals surface area contributed by atoms with Gasteiger partial charge >= 0.3 is 5.97 Å². The summed E-state index contributed by atoms with van der Waals surface area (Å²) in [5, 5.41) is 32.9. The van der Waals surface area contributed by atoms with E-state index in [1.54, 1.807) is 0 Å². The van der Waals surface area contributed by atoms with Crippen LogP contribution in [0.25, 0.3) is 0 Å². The number of hydrogen-bond donors (Lipinski definition) is 3. The Labute approximate surface area is 206 Å². The number of aliphatic carboxylic acids is 1. The molecule has 4 heteroatoms. The van der Waals surface area contributed by atoms with Crippen LogP contribution in [-0.2, 0) is 4.79 Å². The van der Waals surface area contributed by atoms with Gasteiger partial charge in [0, 0.05) is 5.92 Å². The molecule has 0 aromatic rings. The summed E-state index contributed by atoms with van der Waals surface area (Å²) in [6, 6.07) is 0. The van der Waals surface area contributed by atoms with Crippen LogP contribution >= 0.6 is 0 Å². The Morgan fingerprint density at radius 1 is 0.882 bits per heavy atom. The Balaban J connectivity index is 1.61. The molecule has 3 N–H and O–H groups in total. The van der Waals surface area contributed by atoms with Crippen LogP contribution in [-0.4, -0.2) is 33.5 Å². The summed E-state index contributed by atoms with van der Waals surface area (Å²) in [5.41, 5.74) is 0.613. The monoisotopic (exact) mass is 472 g/mol. The molecule has 5 rings (SSSR count). The molecule has 34 heavy (non-hydrogen) atoms. The Kier molecular flexibility index (Phi) is 5.20. The smallest absolute Gasteiger partial charge is 0.309 e. The van der Waals surface area contributed by atoms with E-state index in [1.807, 2.05) is 6.92 Å². The van der Waals surface area contributed by atoms with Crippen molar-refractivity contribution in [3.8, 4) is 0 Å². The molecular formula is C30H48O4. The topological polar surface area (TPSA) is 77.8 Å². The summed E-state index contributed by atoms with van der Waals surface area (Å²) >= 11 is 0. The van der Waals surface area contributed by atoms with E-state index < -0.39 is 17.5 Å². The standard InChI is InChI=1S/C30H48O4/c1-25(2)21-8-11-30(7)23(28(21,5)10-9-22(25)32)20(31)16-18-19-17-27(4,24(33)34)13-12-26(19,3)14-15-29(18,30)6/h16,19-23,31-32H,8-15,17H2,1-7H3,(H,33,34)/t19?,20?,21?,22-,23+,26+,27-,28-,29+,30+/m0/s1. The van der Waals surface area contributed by atoms with Gasteiger partial charge in [0.2, 0.25) is 0 Å². The van der Waals surface area contributed by atoms with Crippen molar-refractivity contribution in [1.29, 1.82) is 0 Å². The number of allylic oxidation sites excluding steroid dienone is 1. The van der Waals surface area contributed by atoms with Gasteiger partial charge in [-0.3, -0.25) is 4.79 Å². The van der Waals surface area contributed by atoms with Crippen molar-refractivity contribution < 1.29 is 20.1 Å². The van der Waals surface area contributed by atoms with E-state index in [-0.39, 0.29) is 45.0 Å². The molecule has 0 aromatic heterocycles. The highest BCUT2D eigenvalue weighted by atomic mass is 16.4. The van der Waals surface area contributed by atoms with Gasteiger partial charge in [-0.25, -0.2) is 0 Å². The third-order valence-electron chi connectivity index (χ3n) is 13.3. The lowest BCUT2D eigenvalue weighted by atomic mass is 9.33. The minimum atomic E-state index is -0.681. The highest BCUT2D eigenvalue weighted by molar-refractivity contribution is 5.74. The molecule has 0 spiro atoms. The zero-order valence-corrected chi connectivity index (χ0v) is 22.6. The van der Waals surface area contributed by atoms with Crippen LogP contribution in [0.15, 0.2) is 11.6 Å². The normalized spacial score (nSPS) is 56.3. The number of aliphatic hydroxyl groups is 2. The predicted octanol–water partition coefficient (Wildman–Crippen LogP) is 6.20. The number of hydrogen-bond acceptors (Lipinski definition) is 3. The molecule has 0 radical (unpaired) electrons. The second-order valence-electron chi connectivity index (χ2n) is 15.1. The van der Waals surface area contributed by atoms with Gasteiger partial charge in [0.25, 0.3) is 0 Å². The molecule has 10 atom stereocenters. The van der Waals surface area contributed by atoms with Crippen LogP contribution in [0.3, 0.4) is 0 Å². The number of fused-ring (bicyclic) bond motifs is 7. The fourth-order valence-electron chi connectivity index (χ4n) is 10.6. The number of rotatable bonds is 1. The average molecular weight is 473 g/mol. The van der Waals surface area contributed by atoms with Crippen LogP contribution in [0.1, 0.15) is 106 Å². The van der Waals surface area contributed by atoms with Gasteiger partial charge in [-0.15, -0.1) is 0 Å². The van der Waals surface area contributed by atoms with E-state index in [4.69, 9.17) is 0 Å². The molecule has 0 saturated heterocycles. The lowest BCUT2D eigenvalue weighted by Gasteiger charge is -2.72. The molecule has 4 saturated carbocycles. The molecule has 5 aliphatic rings. The number of aliphatic hydroxyl groups excluding tert-OH is 2. The molecular weight excluding hydrogens is 424 g/mol. The van der Waals surface area contributed by atoms with E-state index in [1.165, 1.54) is 5.57 Å². The molecule has 0 heterocycles. The first kappa shape index (κ1) is 24.8. The summed E-state index contributed by atoms with van der Waals surface area (Å²) in [5.74, 6) is 0.120. The largest absolute Gasteiger partial charge is 0.481 e. The Morgan fingerprint density at radius 3 is 2.18 bits per heavy atom. The molecule has 0 aliphatic heterocycles. The minimum Gasteiger partial charge on any atom is -0.481 e. The third-order valence-corrected chi connectivity index (χ3v) is 13.3. The lowest BCUT2D eigenvalue weighted by molar-refractivity contribution is -0.224. The maximum atomic E-state index is 12.2. The van der Waals surface area contributed by atoms with E-state index in [9.17, 15) is 20.1 Å². The fourth-order valence-corrected chi connectivity index (χ4v) is 10.6. The van der Waals surface area contributed by atoms with Gasteiger partial charge in [0.05, 0.1) is 17.6 Å². The molecule has 4 fully saturated rings. The summed E-state index contributed by atoms with van der Waals surface area (Å²) in [6.07, 6.45) is 10.0. The van der Waals surface area contributed by atoms with Gasteiger partial charge in [-0.05, 0) is 104 Å². The summed E-state index contributed by atoms with van der Waals surface area (Å²) in [4.78, 5) is 12.2. The van der Waals surface area contributed by atoms with Crippen LogP contribution in [0.5, 0.6) is 0 Å². The van der Waals surface area contributed by atoms with E-state index in [0.29, 0.717) is 12.3 Å². The van der Waals surface area contributed by atoms with Crippen molar-refractivity contribution in [2.75, 3.05) is 0 Å². The molecule has 192 valence electrons. The van der Waals surface area contributed by atoms with Crippen molar-refractivity contribution >= 4 is 5.97 Å². The molecule has 5 aliphatic carbocycles. The van der Waals surface area contributed by atoms with Crippen molar-refractivity contribution in [3.63, 3.8) is 0 Å². The van der Waals surface area contributed by atoms with Gasteiger partial charge in [0.1, 0.15) is 0 Å². The first-order chi connectivity index (χ1) is 15.6. The molecule has 4 nitrogen and oxygen atoms in total. The van der Waals surface area contributed by atoms with Crippen molar-refractivity contribution in [1.82, 2.24) is 0 Å². The van der Waals surface area contributed by atoms with E-state index in [2.05, 4.69) is 47.6 Å². The highest BCUT2D eigenvalue weighted by Crippen LogP contribution is 2.75. The maximum Gasteiger partial charge on any atom is 0.309 e. The molecule has 0 aromatic carbocycles. The predicted molar refractivity (Wildman–Crippen MR) is 134 cm³/mol. The third kappa shape index (κ3) is 2.88. The molecule has 0 amide bonds.